The lowest BCUT2D eigenvalue weighted by atomic mass is 9.83. The van der Waals surface area contributed by atoms with Crippen molar-refractivity contribution in [2.45, 2.75) is 26.7 Å². The van der Waals surface area contributed by atoms with Crippen LogP contribution in [0.1, 0.15) is 44.3 Å². The number of fused-ring (bicyclic) bond motifs is 2. The third-order valence-electron chi connectivity index (χ3n) is 6.96. The Hall–Kier alpha value is -4.90. The monoisotopic (exact) mass is 510 g/mol. The van der Waals surface area contributed by atoms with Crippen LogP contribution in [0, 0.1) is 32.1 Å². The van der Waals surface area contributed by atoms with Crippen LogP contribution in [0.5, 0.6) is 23.0 Å². The molecule has 8 heteroatoms. The highest BCUT2D eigenvalue weighted by Crippen LogP contribution is 2.46. The van der Waals surface area contributed by atoms with Crippen LogP contribution in [0.25, 0.3) is 11.0 Å². The Morgan fingerprint density at radius 1 is 0.947 bits per heavy atom. The number of esters is 1. The van der Waals surface area contributed by atoms with Crippen LogP contribution in [0.15, 0.2) is 64.4 Å². The third-order valence-corrected chi connectivity index (χ3v) is 6.96. The maximum atomic E-state index is 13.1. The molecular formula is C30H26N2O6. The van der Waals surface area contributed by atoms with Gasteiger partial charge in [0.15, 0.2) is 0 Å². The molecule has 0 spiro atoms. The van der Waals surface area contributed by atoms with Gasteiger partial charge >= 0.3 is 5.97 Å². The number of allylic oxidation sites excluding steroid dienone is 1. The van der Waals surface area contributed by atoms with E-state index in [1.54, 1.807) is 50.6 Å². The highest BCUT2D eigenvalue weighted by Gasteiger charge is 2.33. The van der Waals surface area contributed by atoms with Gasteiger partial charge in [0.25, 0.3) is 0 Å². The van der Waals surface area contributed by atoms with Gasteiger partial charge < -0.3 is 29.1 Å². The van der Waals surface area contributed by atoms with E-state index in [2.05, 4.69) is 6.07 Å². The van der Waals surface area contributed by atoms with Gasteiger partial charge in [-0.3, -0.25) is 0 Å². The van der Waals surface area contributed by atoms with Crippen LogP contribution >= 0.6 is 0 Å². The summed E-state index contributed by atoms with van der Waals surface area (Å²) in [5.74, 6) is 0.643. The second-order valence-electron chi connectivity index (χ2n) is 9.06. The van der Waals surface area contributed by atoms with Gasteiger partial charge in [0, 0.05) is 28.1 Å². The summed E-state index contributed by atoms with van der Waals surface area (Å²) in [6, 6.07) is 16.4. The molecule has 0 amide bonds. The largest absolute Gasteiger partial charge is 0.497 e. The van der Waals surface area contributed by atoms with Crippen LogP contribution in [-0.4, -0.2) is 20.2 Å². The van der Waals surface area contributed by atoms with Crippen LogP contribution in [0.2, 0.25) is 0 Å². The predicted octanol–water partition coefficient (Wildman–Crippen LogP) is 5.81. The first kappa shape index (κ1) is 24.8. The fraction of sp³-hybridized carbons (Fsp3) is 0.200. The number of nitriles is 1. The topological polar surface area (TPSA) is 117 Å². The zero-order chi connectivity index (χ0) is 27.1. The summed E-state index contributed by atoms with van der Waals surface area (Å²) in [6.07, 6.45) is 0. The summed E-state index contributed by atoms with van der Waals surface area (Å²) >= 11 is 0. The summed E-state index contributed by atoms with van der Waals surface area (Å²) in [5.41, 5.74) is 11.2. The minimum atomic E-state index is -0.626. The van der Waals surface area contributed by atoms with Crippen molar-refractivity contribution in [3.8, 4) is 29.1 Å². The zero-order valence-corrected chi connectivity index (χ0v) is 21.7. The van der Waals surface area contributed by atoms with Crippen molar-refractivity contribution in [2.24, 2.45) is 5.73 Å². The predicted molar refractivity (Wildman–Crippen MR) is 141 cm³/mol. The van der Waals surface area contributed by atoms with Crippen LogP contribution < -0.4 is 24.7 Å². The summed E-state index contributed by atoms with van der Waals surface area (Å²) in [5, 5.41) is 10.8. The maximum absolute atomic E-state index is 13.1. The van der Waals surface area contributed by atoms with Gasteiger partial charge in [-0.2, -0.15) is 5.26 Å². The molecule has 1 aliphatic heterocycles. The van der Waals surface area contributed by atoms with Gasteiger partial charge in [-0.25, -0.2) is 4.79 Å². The minimum absolute atomic E-state index is 0.0441. The molecule has 0 saturated heterocycles. The summed E-state index contributed by atoms with van der Waals surface area (Å²) in [7, 11) is 3.11. The number of nitrogens with two attached hydrogens (primary N) is 1. The second-order valence-corrected chi connectivity index (χ2v) is 9.06. The number of furan rings is 1. The number of nitrogens with zero attached hydrogens (tertiary/aromatic N) is 1. The van der Waals surface area contributed by atoms with Crippen molar-refractivity contribution >= 4 is 16.9 Å². The lowest BCUT2D eigenvalue weighted by molar-refractivity contribution is 0.0702. The average molecular weight is 511 g/mol. The molecule has 1 aromatic heterocycles. The first-order chi connectivity index (χ1) is 18.3. The molecule has 1 atom stereocenters. The van der Waals surface area contributed by atoms with Crippen molar-refractivity contribution in [3.05, 3.63) is 93.6 Å². The number of carbonyl (C=O) groups is 1. The van der Waals surface area contributed by atoms with Gasteiger partial charge in [0.05, 0.1) is 20.1 Å². The Bertz CT molecular complexity index is 1670. The number of rotatable bonds is 5. The maximum Gasteiger partial charge on any atom is 0.379 e. The Balaban J connectivity index is 1.53. The quantitative estimate of drug-likeness (QED) is 0.264. The first-order valence-electron chi connectivity index (χ1n) is 11.9. The van der Waals surface area contributed by atoms with Crippen LogP contribution in [-0.2, 0) is 0 Å². The molecule has 0 radical (unpaired) electrons. The van der Waals surface area contributed by atoms with Crippen molar-refractivity contribution in [1.82, 2.24) is 0 Å². The van der Waals surface area contributed by atoms with E-state index >= 15 is 0 Å². The lowest BCUT2D eigenvalue weighted by Crippen LogP contribution is -2.21. The number of carbonyl (C=O) groups excluding carboxylic acids is 1. The summed E-state index contributed by atoms with van der Waals surface area (Å²) in [4.78, 5) is 13.1. The van der Waals surface area contributed by atoms with Crippen LogP contribution in [0.3, 0.4) is 0 Å². The second kappa shape index (κ2) is 9.52. The van der Waals surface area contributed by atoms with E-state index in [0.29, 0.717) is 39.5 Å². The number of benzene rings is 3. The minimum Gasteiger partial charge on any atom is -0.497 e. The fourth-order valence-corrected chi connectivity index (χ4v) is 4.75. The Labute approximate surface area is 219 Å². The van der Waals surface area contributed by atoms with Gasteiger partial charge in [0.1, 0.15) is 40.2 Å². The van der Waals surface area contributed by atoms with E-state index in [9.17, 15) is 10.1 Å². The van der Waals surface area contributed by atoms with E-state index in [-0.39, 0.29) is 23.0 Å². The fourth-order valence-electron chi connectivity index (χ4n) is 4.75. The molecule has 5 rings (SSSR count). The molecule has 2 heterocycles. The zero-order valence-electron chi connectivity index (χ0n) is 21.7. The SMILES string of the molecule is COc1ccc(OC)c(C2C(C#N)=C(N)Oc3cc(OC(=O)c4oc5c(C)c(C)ccc5c4C)ccc32)c1. The van der Waals surface area contributed by atoms with Crippen molar-refractivity contribution in [1.29, 1.82) is 5.26 Å². The number of hydrogen-bond donors (Lipinski definition) is 1. The molecule has 38 heavy (non-hydrogen) atoms. The molecule has 1 unspecified atom stereocenters. The highest BCUT2D eigenvalue weighted by molar-refractivity contribution is 5.98. The first-order valence-corrected chi connectivity index (χ1v) is 11.9. The van der Waals surface area contributed by atoms with Crippen molar-refractivity contribution < 1.29 is 28.2 Å². The molecule has 192 valence electrons. The molecule has 8 nitrogen and oxygen atoms in total. The molecule has 4 aromatic rings. The van der Waals surface area contributed by atoms with E-state index in [0.717, 1.165) is 16.5 Å². The lowest BCUT2D eigenvalue weighted by Gasteiger charge is -2.28. The van der Waals surface area contributed by atoms with E-state index in [4.69, 9.17) is 29.1 Å². The molecular weight excluding hydrogens is 484 g/mol. The molecule has 0 saturated carbocycles. The number of ether oxygens (including phenoxy) is 4. The van der Waals surface area contributed by atoms with Gasteiger partial charge in [0.2, 0.25) is 11.6 Å². The summed E-state index contributed by atoms with van der Waals surface area (Å²) in [6.45, 7) is 5.77. The van der Waals surface area contributed by atoms with E-state index in [1.807, 2.05) is 32.9 Å². The Morgan fingerprint density at radius 3 is 2.42 bits per heavy atom. The molecule has 2 N–H and O–H groups in total. The Morgan fingerprint density at radius 2 is 1.71 bits per heavy atom. The van der Waals surface area contributed by atoms with Gasteiger partial charge in [-0.15, -0.1) is 0 Å². The molecule has 0 aliphatic carbocycles. The number of hydrogen-bond acceptors (Lipinski definition) is 8. The van der Waals surface area contributed by atoms with E-state index in [1.165, 1.54) is 0 Å². The number of aryl methyl sites for hydroxylation is 3. The Kier molecular flexibility index (Phi) is 6.21. The average Bonchev–Trinajstić information content (AvgIpc) is 3.26. The van der Waals surface area contributed by atoms with Gasteiger partial charge in [-0.1, -0.05) is 18.2 Å². The molecule has 1 aliphatic rings. The van der Waals surface area contributed by atoms with Crippen molar-refractivity contribution in [3.63, 3.8) is 0 Å². The molecule has 0 fully saturated rings. The van der Waals surface area contributed by atoms with Gasteiger partial charge in [-0.05, 0) is 56.2 Å². The standard InChI is InChI=1S/C30H26N2O6/c1-15-6-9-20-17(3)28(38-27(20)16(15)2)30(33)36-19-7-10-21-25(13-19)37-29(32)23(14-31)26(21)22-12-18(34-4)8-11-24(22)35-5/h6-13,26H,32H2,1-5H3. The normalized spacial score (nSPS) is 14.5. The molecule has 0 bridgehead atoms. The molecule has 3 aromatic carbocycles. The van der Waals surface area contributed by atoms with E-state index < -0.39 is 11.9 Å². The summed E-state index contributed by atoms with van der Waals surface area (Å²) < 4.78 is 28.4. The number of methoxy groups -OCH3 is 2. The smallest absolute Gasteiger partial charge is 0.379 e. The third kappa shape index (κ3) is 3.98. The highest BCUT2D eigenvalue weighted by atomic mass is 16.5. The van der Waals surface area contributed by atoms with Crippen molar-refractivity contribution in [2.75, 3.05) is 14.2 Å². The van der Waals surface area contributed by atoms with Crippen LogP contribution in [0.4, 0.5) is 0 Å².